The molecule has 2 aromatic heterocycles. The summed E-state index contributed by atoms with van der Waals surface area (Å²) in [5, 5.41) is 10.9. The highest BCUT2D eigenvalue weighted by Crippen LogP contribution is 2.33. The van der Waals surface area contributed by atoms with Crippen LogP contribution in [0.15, 0.2) is 79.0 Å². The zero-order valence-corrected chi connectivity index (χ0v) is 21.8. The molecule has 2 atom stereocenters. The lowest BCUT2D eigenvalue weighted by Gasteiger charge is -2.20. The Bertz CT molecular complexity index is 1380. The van der Waals surface area contributed by atoms with Crippen molar-refractivity contribution in [2.45, 2.75) is 25.8 Å². The smallest absolute Gasteiger partial charge is 0.320 e. The van der Waals surface area contributed by atoms with Crippen LogP contribution in [-0.2, 0) is 0 Å². The number of rotatable bonds is 8. The van der Waals surface area contributed by atoms with Crippen LogP contribution in [0.5, 0.6) is 11.8 Å². The van der Waals surface area contributed by atoms with Gasteiger partial charge in [0, 0.05) is 37.0 Å². The summed E-state index contributed by atoms with van der Waals surface area (Å²) >= 11 is 0. The van der Waals surface area contributed by atoms with E-state index in [9.17, 15) is 4.79 Å². The third kappa shape index (κ3) is 5.27. The molecule has 3 heterocycles. The topological polar surface area (TPSA) is 93.5 Å². The van der Waals surface area contributed by atoms with Crippen LogP contribution in [0.2, 0.25) is 0 Å². The molecule has 0 saturated carbocycles. The van der Waals surface area contributed by atoms with Gasteiger partial charge in [-0.05, 0) is 37.6 Å². The van der Waals surface area contributed by atoms with Crippen molar-refractivity contribution in [3.63, 3.8) is 0 Å². The number of nitrogens with one attached hydrogen (secondary N) is 2. The number of anilines is 2. The number of pyridine rings is 1. The van der Waals surface area contributed by atoms with Crippen molar-refractivity contribution in [3.05, 3.63) is 90.1 Å². The van der Waals surface area contributed by atoms with Gasteiger partial charge in [0.1, 0.15) is 5.82 Å². The molecule has 1 fully saturated rings. The fourth-order valence-corrected chi connectivity index (χ4v) is 4.87. The number of aromatic nitrogens is 3. The predicted molar refractivity (Wildman–Crippen MR) is 148 cm³/mol. The van der Waals surface area contributed by atoms with E-state index in [0.29, 0.717) is 30.7 Å². The SMILES string of the molecule is CCOc1nn(-c2ccccc2)c(NC(=O)NC2CN(c3ccnc(OC)c3)CC2c2ccccc2)c1C. The summed E-state index contributed by atoms with van der Waals surface area (Å²) in [6.07, 6.45) is 1.74. The number of ether oxygens (including phenoxy) is 2. The Morgan fingerprint density at radius 3 is 2.47 bits per heavy atom. The van der Waals surface area contributed by atoms with E-state index in [1.54, 1.807) is 18.0 Å². The van der Waals surface area contributed by atoms with E-state index >= 15 is 0 Å². The zero-order chi connectivity index (χ0) is 26.5. The fourth-order valence-electron chi connectivity index (χ4n) is 4.87. The molecule has 1 aliphatic rings. The first-order valence-electron chi connectivity index (χ1n) is 12.7. The molecule has 9 nitrogen and oxygen atoms in total. The summed E-state index contributed by atoms with van der Waals surface area (Å²) in [4.78, 5) is 19.9. The van der Waals surface area contributed by atoms with Crippen LogP contribution in [0.1, 0.15) is 24.0 Å². The van der Waals surface area contributed by atoms with E-state index < -0.39 is 0 Å². The van der Waals surface area contributed by atoms with Crippen molar-refractivity contribution in [1.82, 2.24) is 20.1 Å². The highest BCUT2D eigenvalue weighted by Gasteiger charge is 2.35. The van der Waals surface area contributed by atoms with Crippen molar-refractivity contribution in [3.8, 4) is 17.4 Å². The van der Waals surface area contributed by atoms with Gasteiger partial charge < -0.3 is 19.7 Å². The summed E-state index contributed by atoms with van der Waals surface area (Å²) in [5.41, 5.74) is 3.77. The molecule has 196 valence electrons. The standard InChI is InChI=1S/C29H32N6O3/c1-4-38-28-20(2)27(35(33-28)22-13-9-6-10-14-22)32-29(36)31-25-19-34(23-15-16-30-26(17-23)37-3)18-24(25)21-11-7-5-8-12-21/h5-17,24-25H,4,18-19H2,1-3H3,(H2,31,32,36). The van der Waals surface area contributed by atoms with Crippen LogP contribution in [-0.4, -0.2) is 53.6 Å². The maximum Gasteiger partial charge on any atom is 0.320 e. The van der Waals surface area contributed by atoms with Gasteiger partial charge in [-0.1, -0.05) is 48.5 Å². The minimum Gasteiger partial charge on any atom is -0.481 e. The molecule has 5 rings (SSSR count). The molecule has 0 radical (unpaired) electrons. The van der Waals surface area contributed by atoms with Crippen molar-refractivity contribution < 1.29 is 14.3 Å². The third-order valence-electron chi connectivity index (χ3n) is 6.75. The maximum absolute atomic E-state index is 13.4. The minimum atomic E-state index is -0.298. The van der Waals surface area contributed by atoms with Gasteiger partial charge in [-0.15, -0.1) is 5.10 Å². The third-order valence-corrected chi connectivity index (χ3v) is 6.75. The first-order chi connectivity index (χ1) is 18.6. The molecule has 2 unspecified atom stereocenters. The molecule has 1 aliphatic heterocycles. The molecule has 0 bridgehead atoms. The van der Waals surface area contributed by atoms with Crippen molar-refractivity contribution >= 4 is 17.5 Å². The van der Waals surface area contributed by atoms with Gasteiger partial charge in [0.15, 0.2) is 0 Å². The number of carbonyl (C=O) groups is 1. The largest absolute Gasteiger partial charge is 0.481 e. The Balaban J connectivity index is 1.40. The zero-order valence-electron chi connectivity index (χ0n) is 21.8. The lowest BCUT2D eigenvalue weighted by atomic mass is 9.94. The number of hydrogen-bond acceptors (Lipinski definition) is 6. The van der Waals surface area contributed by atoms with Gasteiger partial charge in [0.25, 0.3) is 0 Å². The van der Waals surface area contributed by atoms with E-state index in [4.69, 9.17) is 9.47 Å². The summed E-state index contributed by atoms with van der Waals surface area (Å²) < 4.78 is 12.8. The number of amides is 2. The Labute approximate surface area is 222 Å². The predicted octanol–water partition coefficient (Wildman–Crippen LogP) is 4.78. The lowest BCUT2D eigenvalue weighted by Crippen LogP contribution is -2.42. The average molecular weight is 513 g/mol. The molecule has 2 aromatic carbocycles. The summed E-state index contributed by atoms with van der Waals surface area (Å²) in [6.45, 7) is 5.68. The second-order valence-electron chi connectivity index (χ2n) is 9.14. The number of benzene rings is 2. The van der Waals surface area contributed by atoms with Crippen LogP contribution in [0.4, 0.5) is 16.3 Å². The Morgan fingerprint density at radius 1 is 1.03 bits per heavy atom. The van der Waals surface area contributed by atoms with E-state index in [0.717, 1.165) is 23.5 Å². The average Bonchev–Trinajstić information content (AvgIpc) is 3.51. The molecule has 1 saturated heterocycles. The molecule has 2 amide bonds. The molecule has 38 heavy (non-hydrogen) atoms. The van der Waals surface area contributed by atoms with Crippen molar-refractivity contribution in [1.29, 1.82) is 0 Å². The Morgan fingerprint density at radius 2 is 1.76 bits per heavy atom. The summed E-state index contributed by atoms with van der Waals surface area (Å²) in [6, 6.07) is 23.4. The van der Waals surface area contributed by atoms with Gasteiger partial charge >= 0.3 is 6.03 Å². The fraction of sp³-hybridized carbons (Fsp3) is 0.276. The van der Waals surface area contributed by atoms with Gasteiger partial charge in [0.05, 0.1) is 31.0 Å². The van der Waals surface area contributed by atoms with Crippen LogP contribution >= 0.6 is 0 Å². The molecular weight excluding hydrogens is 480 g/mol. The lowest BCUT2D eigenvalue weighted by molar-refractivity contribution is 0.248. The molecular formula is C29H32N6O3. The molecule has 2 N–H and O–H groups in total. The van der Waals surface area contributed by atoms with E-state index in [-0.39, 0.29) is 18.0 Å². The summed E-state index contributed by atoms with van der Waals surface area (Å²) in [5.74, 6) is 1.72. The van der Waals surface area contributed by atoms with Crippen molar-refractivity contribution in [2.75, 3.05) is 37.0 Å². The molecule has 0 aliphatic carbocycles. The van der Waals surface area contributed by atoms with Gasteiger partial charge in [-0.3, -0.25) is 5.32 Å². The van der Waals surface area contributed by atoms with Gasteiger partial charge in [-0.2, -0.15) is 0 Å². The quantitative estimate of drug-likeness (QED) is 0.353. The van der Waals surface area contributed by atoms with E-state index in [2.05, 4.69) is 37.7 Å². The molecule has 4 aromatic rings. The number of carbonyl (C=O) groups excluding carboxylic acids is 1. The number of urea groups is 1. The highest BCUT2D eigenvalue weighted by atomic mass is 16.5. The number of nitrogens with zero attached hydrogens (tertiary/aromatic N) is 4. The number of methoxy groups -OCH3 is 1. The van der Waals surface area contributed by atoms with Crippen LogP contribution in [0, 0.1) is 6.92 Å². The van der Waals surface area contributed by atoms with Crippen LogP contribution < -0.4 is 25.0 Å². The minimum absolute atomic E-state index is 0.0974. The number of para-hydroxylation sites is 1. The van der Waals surface area contributed by atoms with Gasteiger partial charge in [0.2, 0.25) is 11.8 Å². The molecule has 0 spiro atoms. The van der Waals surface area contributed by atoms with Crippen LogP contribution in [0.25, 0.3) is 5.69 Å². The Hall–Kier alpha value is -4.53. The summed E-state index contributed by atoms with van der Waals surface area (Å²) in [7, 11) is 1.61. The van der Waals surface area contributed by atoms with Crippen LogP contribution in [0.3, 0.4) is 0 Å². The number of hydrogen-bond donors (Lipinski definition) is 2. The highest BCUT2D eigenvalue weighted by molar-refractivity contribution is 5.90. The monoisotopic (exact) mass is 512 g/mol. The second kappa shape index (κ2) is 11.2. The Kier molecular flexibility index (Phi) is 7.44. The van der Waals surface area contributed by atoms with Crippen molar-refractivity contribution in [2.24, 2.45) is 0 Å². The van der Waals surface area contributed by atoms with Gasteiger partial charge in [-0.25, -0.2) is 14.5 Å². The molecule has 9 heteroatoms. The first kappa shape index (κ1) is 25.1. The normalized spacial score (nSPS) is 16.8. The first-order valence-corrected chi connectivity index (χ1v) is 12.7. The van der Waals surface area contributed by atoms with E-state index in [1.807, 2.05) is 74.5 Å². The maximum atomic E-state index is 13.4. The van der Waals surface area contributed by atoms with E-state index in [1.165, 1.54) is 5.56 Å². The second-order valence-corrected chi connectivity index (χ2v) is 9.14.